The summed E-state index contributed by atoms with van der Waals surface area (Å²) in [6.07, 6.45) is 10.1. The van der Waals surface area contributed by atoms with Crippen molar-refractivity contribution in [2.75, 3.05) is 0 Å². The molecule has 1 atom stereocenters. The van der Waals surface area contributed by atoms with E-state index in [9.17, 15) is 4.57 Å². The minimum Gasteiger partial charge on any atom is -0.309 e. The molecular weight excluding hydrogens is 287 g/mol. The number of benzene rings is 2. The van der Waals surface area contributed by atoms with Gasteiger partial charge in [0.25, 0.3) is 0 Å². The molecule has 0 spiro atoms. The molecule has 2 aromatic rings. The highest BCUT2D eigenvalue weighted by atomic mass is 31.2. The lowest BCUT2D eigenvalue weighted by Crippen LogP contribution is -2.14. The molecule has 0 fully saturated rings. The van der Waals surface area contributed by atoms with Gasteiger partial charge in [-0.1, -0.05) is 78.9 Å². The monoisotopic (exact) mass is 308 g/mol. The lowest BCUT2D eigenvalue weighted by Gasteiger charge is -2.17. The molecule has 0 radical (unpaired) electrons. The Morgan fingerprint density at radius 1 is 0.909 bits per heavy atom. The van der Waals surface area contributed by atoms with Crippen LogP contribution in [0.4, 0.5) is 0 Å². The third kappa shape index (κ3) is 3.31. The van der Waals surface area contributed by atoms with Crippen molar-refractivity contribution in [1.82, 2.24) is 0 Å². The number of hydrogen-bond acceptors (Lipinski definition) is 1. The Morgan fingerprint density at radius 2 is 1.50 bits per heavy atom. The van der Waals surface area contributed by atoms with Crippen LogP contribution in [0.15, 0.2) is 84.7 Å². The van der Waals surface area contributed by atoms with Gasteiger partial charge in [0.05, 0.1) is 0 Å². The van der Waals surface area contributed by atoms with Crippen LogP contribution in [0.25, 0.3) is 0 Å². The van der Waals surface area contributed by atoms with Gasteiger partial charge in [-0.05, 0) is 31.0 Å². The molecule has 0 aromatic heterocycles. The average Bonchev–Trinajstić information content (AvgIpc) is 2.62. The smallest absolute Gasteiger partial charge is 0.163 e. The number of allylic oxidation sites excluding steroid dienone is 3. The summed E-state index contributed by atoms with van der Waals surface area (Å²) in [6.45, 7) is 0. The van der Waals surface area contributed by atoms with Crippen LogP contribution in [-0.4, -0.2) is 0 Å². The van der Waals surface area contributed by atoms with Crippen molar-refractivity contribution in [3.05, 3.63) is 84.7 Å². The maximum absolute atomic E-state index is 13.7. The molecule has 0 bridgehead atoms. The number of hydrogen-bond donors (Lipinski definition) is 0. The fourth-order valence-electron chi connectivity index (χ4n) is 2.85. The summed E-state index contributed by atoms with van der Waals surface area (Å²) in [6, 6.07) is 19.6. The zero-order valence-electron chi connectivity index (χ0n) is 12.6. The van der Waals surface area contributed by atoms with Gasteiger partial charge >= 0.3 is 0 Å². The van der Waals surface area contributed by atoms with Gasteiger partial charge in [0, 0.05) is 10.6 Å². The summed E-state index contributed by atoms with van der Waals surface area (Å²) < 4.78 is 13.7. The lowest BCUT2D eigenvalue weighted by atomic mass is 9.96. The molecule has 1 unspecified atom stereocenters. The summed E-state index contributed by atoms with van der Waals surface area (Å²) in [5.41, 5.74) is 0. The molecule has 22 heavy (non-hydrogen) atoms. The van der Waals surface area contributed by atoms with Crippen LogP contribution < -0.4 is 10.6 Å². The molecule has 1 aliphatic rings. The van der Waals surface area contributed by atoms with Crippen LogP contribution >= 0.6 is 7.14 Å². The first-order valence-corrected chi connectivity index (χ1v) is 9.64. The van der Waals surface area contributed by atoms with E-state index in [0.717, 1.165) is 17.0 Å². The van der Waals surface area contributed by atoms with E-state index in [0.29, 0.717) is 5.92 Å². The Balaban J connectivity index is 2.00. The highest BCUT2D eigenvalue weighted by Gasteiger charge is 2.24. The highest BCUT2D eigenvalue weighted by molar-refractivity contribution is 7.81. The fraction of sp³-hybridized carbons (Fsp3) is 0.200. The van der Waals surface area contributed by atoms with Crippen LogP contribution in [-0.2, 0) is 4.57 Å². The van der Waals surface area contributed by atoms with E-state index in [1.165, 1.54) is 12.8 Å². The molecule has 1 aliphatic carbocycles. The van der Waals surface area contributed by atoms with Gasteiger partial charge in [0.15, 0.2) is 7.14 Å². The molecule has 0 aliphatic heterocycles. The van der Waals surface area contributed by atoms with E-state index in [-0.39, 0.29) is 0 Å². The molecule has 0 N–H and O–H groups in total. The summed E-state index contributed by atoms with van der Waals surface area (Å²) in [4.78, 5) is 0. The first kappa shape index (κ1) is 15.1. The second-order valence-electron chi connectivity index (χ2n) is 5.69. The topological polar surface area (TPSA) is 17.1 Å². The first-order chi connectivity index (χ1) is 10.8. The lowest BCUT2D eigenvalue weighted by molar-refractivity contribution is 0.591. The van der Waals surface area contributed by atoms with E-state index >= 15 is 0 Å². The van der Waals surface area contributed by atoms with Crippen molar-refractivity contribution in [3.8, 4) is 0 Å². The molecule has 112 valence electrons. The van der Waals surface area contributed by atoms with Crippen molar-refractivity contribution >= 4 is 17.8 Å². The van der Waals surface area contributed by atoms with Crippen molar-refractivity contribution in [1.29, 1.82) is 0 Å². The van der Waals surface area contributed by atoms with Crippen LogP contribution in [0.2, 0.25) is 0 Å². The van der Waals surface area contributed by atoms with Gasteiger partial charge in [0.2, 0.25) is 0 Å². The maximum atomic E-state index is 13.7. The van der Waals surface area contributed by atoms with Crippen LogP contribution in [0.3, 0.4) is 0 Å². The zero-order chi connectivity index (χ0) is 15.3. The standard InChI is InChI=1S/C20H21OP/c21-22(19-12-6-2-7-13-19,20-14-8-3-9-15-20)17-16-18-10-4-1-5-11-18/h2-4,6-10,12-18H,1,5,11H2/b17-16+. The van der Waals surface area contributed by atoms with E-state index in [2.05, 4.69) is 18.2 Å². The molecule has 2 heteroatoms. The molecule has 0 saturated heterocycles. The zero-order valence-corrected chi connectivity index (χ0v) is 13.5. The van der Waals surface area contributed by atoms with Crippen molar-refractivity contribution in [2.45, 2.75) is 19.3 Å². The second-order valence-corrected chi connectivity index (χ2v) is 8.34. The molecule has 1 nitrogen and oxygen atoms in total. The third-order valence-corrected chi connectivity index (χ3v) is 6.84. The maximum Gasteiger partial charge on any atom is 0.163 e. The van der Waals surface area contributed by atoms with E-state index < -0.39 is 7.14 Å². The molecule has 3 rings (SSSR count). The SMILES string of the molecule is O=P(/C=C/C1C=CCCC1)(c1ccccc1)c1ccccc1. The quantitative estimate of drug-likeness (QED) is 0.581. The van der Waals surface area contributed by atoms with E-state index in [1.54, 1.807) is 0 Å². The van der Waals surface area contributed by atoms with Crippen LogP contribution in [0.1, 0.15) is 19.3 Å². The summed E-state index contributed by atoms with van der Waals surface area (Å²) in [5.74, 6) is 2.37. The van der Waals surface area contributed by atoms with Gasteiger partial charge in [-0.15, -0.1) is 0 Å². The Kier molecular flexibility index (Phi) is 4.75. The second kappa shape index (κ2) is 6.94. The van der Waals surface area contributed by atoms with Crippen molar-refractivity contribution < 1.29 is 4.57 Å². The molecule has 0 amide bonds. The first-order valence-electron chi connectivity index (χ1n) is 7.86. The minimum absolute atomic E-state index is 0.412. The van der Waals surface area contributed by atoms with Gasteiger partial charge in [-0.25, -0.2) is 0 Å². The van der Waals surface area contributed by atoms with Crippen molar-refractivity contribution in [3.63, 3.8) is 0 Å². The minimum atomic E-state index is -2.71. The highest BCUT2D eigenvalue weighted by Crippen LogP contribution is 2.45. The van der Waals surface area contributed by atoms with E-state index in [1.807, 2.05) is 66.5 Å². The molecule has 2 aromatic carbocycles. The fourth-order valence-corrected chi connectivity index (χ4v) is 5.19. The Morgan fingerprint density at radius 3 is 2.00 bits per heavy atom. The average molecular weight is 308 g/mol. The Hall–Kier alpha value is -1.85. The van der Waals surface area contributed by atoms with Crippen LogP contribution in [0, 0.1) is 5.92 Å². The Labute approximate surface area is 132 Å². The van der Waals surface area contributed by atoms with Gasteiger partial charge in [-0.3, -0.25) is 0 Å². The van der Waals surface area contributed by atoms with Crippen LogP contribution in [0.5, 0.6) is 0 Å². The van der Waals surface area contributed by atoms with Gasteiger partial charge < -0.3 is 4.57 Å². The van der Waals surface area contributed by atoms with Gasteiger partial charge in [-0.2, -0.15) is 0 Å². The predicted octanol–water partition coefficient (Wildman–Crippen LogP) is 4.87. The largest absolute Gasteiger partial charge is 0.309 e. The molecule has 0 heterocycles. The number of rotatable bonds is 4. The predicted molar refractivity (Wildman–Crippen MR) is 95.4 cm³/mol. The summed E-state index contributed by atoms with van der Waals surface area (Å²) in [7, 11) is -2.71. The van der Waals surface area contributed by atoms with E-state index in [4.69, 9.17) is 0 Å². The summed E-state index contributed by atoms with van der Waals surface area (Å²) in [5, 5.41) is 1.80. The summed E-state index contributed by atoms with van der Waals surface area (Å²) >= 11 is 0. The van der Waals surface area contributed by atoms with Crippen molar-refractivity contribution in [2.24, 2.45) is 5.92 Å². The molecule has 0 saturated carbocycles. The van der Waals surface area contributed by atoms with Gasteiger partial charge in [0.1, 0.15) is 0 Å². The Bertz CT molecular complexity index is 658. The normalized spacial score (nSPS) is 18.6. The molecular formula is C20H21OP. The third-order valence-electron chi connectivity index (χ3n) is 4.11.